The maximum Gasteiger partial charge on any atom is 0.186 e. The van der Waals surface area contributed by atoms with Crippen LogP contribution in [0.5, 0.6) is 0 Å². The number of nitrogens with two attached hydrogens (primary N) is 1. The maximum absolute atomic E-state index is 5.91. The molecule has 1 fully saturated rings. The Morgan fingerprint density at radius 3 is 2.67 bits per heavy atom. The molecule has 1 aromatic carbocycles. The van der Waals surface area contributed by atoms with Gasteiger partial charge in [0.25, 0.3) is 0 Å². The number of benzene rings is 1. The van der Waals surface area contributed by atoms with Crippen LogP contribution < -0.4 is 10.6 Å². The van der Waals surface area contributed by atoms with Crippen LogP contribution >= 0.6 is 11.3 Å². The minimum absolute atomic E-state index is 0.513. The van der Waals surface area contributed by atoms with Gasteiger partial charge in [-0.3, -0.25) is 0 Å². The van der Waals surface area contributed by atoms with E-state index in [0.29, 0.717) is 12.6 Å². The number of rotatable bonds is 4. The Labute approximate surface area is 129 Å². The minimum atomic E-state index is 0.513. The molecule has 1 aromatic heterocycles. The van der Waals surface area contributed by atoms with Crippen LogP contribution in [-0.4, -0.2) is 31.3 Å². The van der Waals surface area contributed by atoms with Crippen molar-refractivity contribution in [2.75, 3.05) is 25.2 Å². The zero-order valence-electron chi connectivity index (χ0n) is 12.3. The van der Waals surface area contributed by atoms with Crippen molar-refractivity contribution < 1.29 is 4.74 Å². The predicted molar refractivity (Wildman–Crippen MR) is 87.7 cm³/mol. The number of hydrogen-bond acceptors (Lipinski definition) is 5. The summed E-state index contributed by atoms with van der Waals surface area (Å²) in [6.45, 7) is 2.22. The monoisotopic (exact) mass is 303 g/mol. The van der Waals surface area contributed by atoms with Gasteiger partial charge in [0.2, 0.25) is 0 Å². The highest BCUT2D eigenvalue weighted by Crippen LogP contribution is 2.34. The van der Waals surface area contributed by atoms with Crippen LogP contribution in [0.2, 0.25) is 0 Å². The van der Waals surface area contributed by atoms with E-state index in [9.17, 15) is 0 Å². The molecule has 0 unspecified atom stereocenters. The van der Waals surface area contributed by atoms with Gasteiger partial charge < -0.3 is 15.4 Å². The molecule has 0 atom stereocenters. The van der Waals surface area contributed by atoms with Crippen molar-refractivity contribution in [3.05, 3.63) is 35.2 Å². The highest BCUT2D eigenvalue weighted by Gasteiger charge is 2.22. The molecule has 21 heavy (non-hydrogen) atoms. The van der Waals surface area contributed by atoms with E-state index in [4.69, 9.17) is 15.5 Å². The molecule has 1 saturated heterocycles. The first-order chi connectivity index (χ1) is 10.3. The molecule has 2 aromatic rings. The fraction of sp³-hybridized carbons (Fsp3) is 0.438. The van der Waals surface area contributed by atoms with Crippen LogP contribution in [0.3, 0.4) is 0 Å². The van der Waals surface area contributed by atoms with Crippen molar-refractivity contribution in [3.63, 3.8) is 0 Å². The van der Waals surface area contributed by atoms with Crippen LogP contribution in [0.1, 0.15) is 17.7 Å². The average Bonchev–Trinajstić information content (AvgIpc) is 3.00. The molecule has 1 aliphatic rings. The van der Waals surface area contributed by atoms with Crippen LogP contribution in [0.4, 0.5) is 5.13 Å². The van der Waals surface area contributed by atoms with Crippen molar-refractivity contribution in [1.29, 1.82) is 0 Å². The fourth-order valence-electron chi connectivity index (χ4n) is 2.68. The summed E-state index contributed by atoms with van der Waals surface area (Å²) < 4.78 is 5.44. The van der Waals surface area contributed by atoms with Gasteiger partial charge in [-0.2, -0.15) is 0 Å². The number of aromatic nitrogens is 1. The summed E-state index contributed by atoms with van der Waals surface area (Å²) >= 11 is 1.71. The van der Waals surface area contributed by atoms with E-state index in [1.807, 2.05) is 18.2 Å². The first kappa shape index (κ1) is 14.5. The lowest BCUT2D eigenvalue weighted by atomic mass is 10.1. The molecule has 0 amide bonds. The summed E-state index contributed by atoms with van der Waals surface area (Å²) in [4.78, 5) is 8.29. The maximum atomic E-state index is 5.91. The van der Waals surface area contributed by atoms with Crippen molar-refractivity contribution in [2.24, 2.45) is 5.73 Å². The van der Waals surface area contributed by atoms with E-state index in [1.54, 1.807) is 11.3 Å². The molecule has 2 N–H and O–H groups in total. The van der Waals surface area contributed by atoms with Crippen LogP contribution in [0, 0.1) is 0 Å². The van der Waals surface area contributed by atoms with E-state index < -0.39 is 0 Å². The largest absolute Gasteiger partial charge is 0.381 e. The van der Waals surface area contributed by atoms with Crippen molar-refractivity contribution in [3.8, 4) is 11.3 Å². The van der Waals surface area contributed by atoms with Crippen LogP contribution in [-0.2, 0) is 11.3 Å². The number of hydrogen-bond donors (Lipinski definition) is 1. The fourth-order valence-corrected chi connectivity index (χ4v) is 3.67. The van der Waals surface area contributed by atoms with Gasteiger partial charge in [0.1, 0.15) is 0 Å². The molecule has 0 radical (unpaired) electrons. The van der Waals surface area contributed by atoms with E-state index in [-0.39, 0.29) is 0 Å². The lowest BCUT2D eigenvalue weighted by Gasteiger charge is -2.30. The molecule has 0 aliphatic carbocycles. The summed E-state index contributed by atoms with van der Waals surface area (Å²) in [6, 6.07) is 10.8. The summed E-state index contributed by atoms with van der Waals surface area (Å²) in [7, 11) is 2.13. The topological polar surface area (TPSA) is 51.4 Å². The average molecular weight is 303 g/mol. The second-order valence-corrected chi connectivity index (χ2v) is 6.35. The summed E-state index contributed by atoms with van der Waals surface area (Å²) in [5.41, 5.74) is 8.08. The molecule has 0 saturated carbocycles. The van der Waals surface area contributed by atoms with Crippen molar-refractivity contribution in [2.45, 2.75) is 25.4 Å². The Balaban J connectivity index is 1.88. The Bertz CT molecular complexity index is 578. The summed E-state index contributed by atoms with van der Waals surface area (Å²) in [5.74, 6) is 0. The summed E-state index contributed by atoms with van der Waals surface area (Å²) in [6.07, 6.45) is 2.13. The van der Waals surface area contributed by atoms with Crippen molar-refractivity contribution >= 4 is 16.5 Å². The zero-order chi connectivity index (χ0) is 14.7. The first-order valence-corrected chi connectivity index (χ1v) is 8.17. The molecule has 0 bridgehead atoms. The SMILES string of the molecule is CN(c1nc(-c2ccccc2)c(CN)s1)C1CCOCC1. The molecule has 4 nitrogen and oxygen atoms in total. The zero-order valence-corrected chi connectivity index (χ0v) is 13.1. The molecule has 1 aliphatic heterocycles. The van der Waals surface area contributed by atoms with E-state index in [0.717, 1.165) is 47.3 Å². The standard InChI is InChI=1S/C16H21N3OS/c1-19(13-7-9-20-10-8-13)16-18-15(14(11-17)21-16)12-5-3-2-4-6-12/h2-6,13H,7-11,17H2,1H3. The lowest BCUT2D eigenvalue weighted by molar-refractivity contribution is 0.0855. The second kappa shape index (κ2) is 6.56. The third-order valence-electron chi connectivity index (χ3n) is 3.96. The Morgan fingerprint density at radius 2 is 2.00 bits per heavy atom. The number of anilines is 1. The third-order valence-corrected chi connectivity index (χ3v) is 5.13. The molecular weight excluding hydrogens is 282 g/mol. The van der Waals surface area contributed by atoms with Gasteiger partial charge >= 0.3 is 0 Å². The predicted octanol–water partition coefficient (Wildman–Crippen LogP) is 2.88. The van der Waals surface area contributed by atoms with Gasteiger partial charge in [0.05, 0.1) is 5.69 Å². The van der Waals surface area contributed by atoms with Gasteiger partial charge in [-0.25, -0.2) is 4.98 Å². The van der Waals surface area contributed by atoms with Crippen molar-refractivity contribution in [1.82, 2.24) is 4.98 Å². The Kier molecular flexibility index (Phi) is 4.53. The quantitative estimate of drug-likeness (QED) is 0.943. The van der Waals surface area contributed by atoms with E-state index in [1.165, 1.54) is 0 Å². The first-order valence-electron chi connectivity index (χ1n) is 7.35. The smallest absolute Gasteiger partial charge is 0.186 e. The van der Waals surface area contributed by atoms with Gasteiger partial charge in [0, 0.05) is 43.3 Å². The number of thiazole rings is 1. The Morgan fingerprint density at radius 1 is 1.29 bits per heavy atom. The lowest BCUT2D eigenvalue weighted by Crippen LogP contribution is -2.36. The molecule has 3 rings (SSSR count). The number of ether oxygens (including phenoxy) is 1. The molecule has 5 heteroatoms. The highest BCUT2D eigenvalue weighted by atomic mass is 32.1. The normalized spacial score (nSPS) is 16.1. The second-order valence-electron chi connectivity index (χ2n) is 5.29. The van der Waals surface area contributed by atoms with Gasteiger partial charge in [-0.05, 0) is 12.8 Å². The molecule has 112 valence electrons. The molecule has 2 heterocycles. The van der Waals surface area contributed by atoms with Gasteiger partial charge in [-0.1, -0.05) is 41.7 Å². The molecule has 0 spiro atoms. The molecular formula is C16H21N3OS. The van der Waals surface area contributed by atoms with Gasteiger partial charge in [-0.15, -0.1) is 0 Å². The number of nitrogens with zero attached hydrogens (tertiary/aromatic N) is 2. The Hall–Kier alpha value is -1.43. The summed E-state index contributed by atoms with van der Waals surface area (Å²) in [5, 5.41) is 1.06. The highest BCUT2D eigenvalue weighted by molar-refractivity contribution is 7.16. The van der Waals surface area contributed by atoms with Crippen LogP contribution in [0.15, 0.2) is 30.3 Å². The third kappa shape index (κ3) is 3.10. The van der Waals surface area contributed by atoms with E-state index in [2.05, 4.69) is 24.1 Å². The van der Waals surface area contributed by atoms with Gasteiger partial charge in [0.15, 0.2) is 5.13 Å². The van der Waals surface area contributed by atoms with Crippen LogP contribution in [0.25, 0.3) is 11.3 Å². The minimum Gasteiger partial charge on any atom is -0.381 e. The van der Waals surface area contributed by atoms with E-state index >= 15 is 0 Å².